The van der Waals surface area contributed by atoms with Crippen LogP contribution < -0.4 is 5.73 Å². The van der Waals surface area contributed by atoms with Crippen LogP contribution in [0.3, 0.4) is 0 Å². The van der Waals surface area contributed by atoms with Crippen LogP contribution in [0.5, 0.6) is 0 Å². The number of hydrogen-bond donors (Lipinski definition) is 1. The van der Waals surface area contributed by atoms with Crippen LogP contribution >= 0.6 is 0 Å². The van der Waals surface area contributed by atoms with Crippen LogP contribution in [0.1, 0.15) is 18.1 Å². The maximum atomic E-state index is 13.6. The first-order valence-electron chi connectivity index (χ1n) is 5.87. The summed E-state index contributed by atoms with van der Waals surface area (Å²) in [5.41, 5.74) is 6.06. The highest BCUT2D eigenvalue weighted by molar-refractivity contribution is 5.29. The minimum Gasteiger partial charge on any atom is -0.321 e. The normalized spacial score (nSPS) is 14.2. The van der Waals surface area contributed by atoms with Crippen molar-refractivity contribution in [1.29, 1.82) is 0 Å². The summed E-state index contributed by atoms with van der Waals surface area (Å²) in [6.45, 7) is 1.69. The molecule has 19 heavy (non-hydrogen) atoms. The maximum absolute atomic E-state index is 13.6. The minimum atomic E-state index is -0.930. The van der Waals surface area contributed by atoms with Crippen molar-refractivity contribution in [3.63, 3.8) is 0 Å². The number of rotatable bonds is 3. The fourth-order valence-electron chi connectivity index (χ4n) is 2.01. The summed E-state index contributed by atoms with van der Waals surface area (Å²) in [6.07, 6.45) is 0.155. The molecule has 100 valence electrons. The Kier molecular flexibility index (Phi) is 3.62. The van der Waals surface area contributed by atoms with E-state index in [1.807, 2.05) is 0 Å². The highest BCUT2D eigenvalue weighted by Gasteiger charge is 2.23. The van der Waals surface area contributed by atoms with Gasteiger partial charge < -0.3 is 5.73 Å². The lowest BCUT2D eigenvalue weighted by atomic mass is 9.86. The van der Waals surface area contributed by atoms with Crippen LogP contribution in [0.2, 0.25) is 0 Å². The number of hydrogen-bond acceptors (Lipinski definition) is 1. The molecule has 0 radical (unpaired) electrons. The van der Waals surface area contributed by atoms with E-state index in [2.05, 4.69) is 0 Å². The predicted molar refractivity (Wildman–Crippen MR) is 68.0 cm³/mol. The van der Waals surface area contributed by atoms with Gasteiger partial charge in [-0.15, -0.1) is 0 Å². The topological polar surface area (TPSA) is 26.0 Å². The summed E-state index contributed by atoms with van der Waals surface area (Å²) in [5.74, 6) is -1.67. The lowest BCUT2D eigenvalue weighted by molar-refractivity contribution is 0.469. The van der Waals surface area contributed by atoms with Crippen molar-refractivity contribution in [3.8, 4) is 0 Å². The average Bonchev–Trinajstić information content (AvgIpc) is 2.33. The van der Waals surface area contributed by atoms with Gasteiger partial charge in [-0.3, -0.25) is 0 Å². The smallest absolute Gasteiger partial charge is 0.129 e. The summed E-state index contributed by atoms with van der Waals surface area (Å²) in [6, 6.07) is 9.23. The van der Waals surface area contributed by atoms with Gasteiger partial charge in [0.05, 0.1) is 0 Å². The summed E-state index contributed by atoms with van der Waals surface area (Å²) in [4.78, 5) is 0. The Morgan fingerprint density at radius 3 is 2.32 bits per heavy atom. The van der Waals surface area contributed by atoms with Gasteiger partial charge in [-0.2, -0.15) is 0 Å². The van der Waals surface area contributed by atoms with E-state index in [-0.39, 0.29) is 6.42 Å². The third kappa shape index (κ3) is 3.15. The van der Waals surface area contributed by atoms with Gasteiger partial charge in [-0.1, -0.05) is 18.2 Å². The zero-order valence-electron chi connectivity index (χ0n) is 10.5. The van der Waals surface area contributed by atoms with Gasteiger partial charge in [0.1, 0.15) is 17.5 Å². The standard InChI is InChI=1S/C15H14F3N/c1-15(19,11-3-2-4-12(16)7-11)9-10-5-6-13(17)8-14(10)18/h2-8H,9,19H2,1H3. The van der Waals surface area contributed by atoms with Crippen LogP contribution in [0, 0.1) is 17.5 Å². The van der Waals surface area contributed by atoms with Crippen molar-refractivity contribution in [3.05, 3.63) is 71.0 Å². The van der Waals surface area contributed by atoms with Crippen molar-refractivity contribution in [1.82, 2.24) is 0 Å². The van der Waals surface area contributed by atoms with Crippen molar-refractivity contribution in [2.45, 2.75) is 18.9 Å². The molecule has 0 aliphatic rings. The minimum absolute atomic E-state index is 0.155. The molecule has 0 heterocycles. The molecule has 2 aromatic carbocycles. The van der Waals surface area contributed by atoms with Crippen molar-refractivity contribution in [2.75, 3.05) is 0 Å². The molecule has 1 atom stereocenters. The highest BCUT2D eigenvalue weighted by atomic mass is 19.1. The Morgan fingerprint density at radius 1 is 1.00 bits per heavy atom. The molecular formula is C15H14F3N. The lowest BCUT2D eigenvalue weighted by Crippen LogP contribution is -2.35. The van der Waals surface area contributed by atoms with Crippen molar-refractivity contribution in [2.24, 2.45) is 5.73 Å². The summed E-state index contributed by atoms with van der Waals surface area (Å²) >= 11 is 0. The molecule has 2 N–H and O–H groups in total. The molecule has 0 saturated carbocycles. The van der Waals surface area contributed by atoms with Gasteiger partial charge in [0, 0.05) is 11.6 Å². The molecule has 0 aromatic heterocycles. The Labute approximate surface area is 109 Å². The number of benzene rings is 2. The molecule has 0 spiro atoms. The van der Waals surface area contributed by atoms with Gasteiger partial charge in [-0.25, -0.2) is 13.2 Å². The van der Waals surface area contributed by atoms with E-state index in [0.29, 0.717) is 11.1 Å². The largest absolute Gasteiger partial charge is 0.321 e. The zero-order valence-corrected chi connectivity index (χ0v) is 10.5. The van der Waals surface area contributed by atoms with Gasteiger partial charge in [0.15, 0.2) is 0 Å². The third-order valence-corrected chi connectivity index (χ3v) is 3.06. The first kappa shape index (κ1) is 13.6. The maximum Gasteiger partial charge on any atom is 0.129 e. The molecule has 0 fully saturated rings. The van der Waals surface area contributed by atoms with E-state index in [4.69, 9.17) is 5.73 Å². The predicted octanol–water partition coefficient (Wildman–Crippen LogP) is 3.52. The number of halogens is 3. The van der Waals surface area contributed by atoms with Gasteiger partial charge in [-0.05, 0) is 42.7 Å². The molecule has 2 rings (SSSR count). The van der Waals surface area contributed by atoms with Gasteiger partial charge >= 0.3 is 0 Å². The zero-order chi connectivity index (χ0) is 14.0. The van der Waals surface area contributed by atoms with Crippen LogP contribution in [0.4, 0.5) is 13.2 Å². The Bertz CT molecular complexity index is 594. The fraction of sp³-hybridized carbons (Fsp3) is 0.200. The first-order valence-corrected chi connectivity index (χ1v) is 5.87. The van der Waals surface area contributed by atoms with Crippen LogP contribution in [0.15, 0.2) is 42.5 Å². The van der Waals surface area contributed by atoms with Gasteiger partial charge in [0.2, 0.25) is 0 Å². The molecule has 0 aliphatic heterocycles. The first-order chi connectivity index (χ1) is 8.88. The van der Waals surface area contributed by atoms with E-state index in [1.165, 1.54) is 24.3 Å². The van der Waals surface area contributed by atoms with E-state index in [9.17, 15) is 13.2 Å². The highest BCUT2D eigenvalue weighted by Crippen LogP contribution is 2.25. The van der Waals surface area contributed by atoms with Crippen LogP contribution in [0.25, 0.3) is 0 Å². The molecular weight excluding hydrogens is 251 g/mol. The van der Waals surface area contributed by atoms with Crippen LogP contribution in [-0.2, 0) is 12.0 Å². The second kappa shape index (κ2) is 5.05. The van der Waals surface area contributed by atoms with E-state index in [1.54, 1.807) is 19.1 Å². The van der Waals surface area contributed by atoms with Crippen LogP contribution in [-0.4, -0.2) is 0 Å². The number of nitrogens with two attached hydrogens (primary N) is 1. The molecule has 2 aromatic rings. The second-order valence-corrected chi connectivity index (χ2v) is 4.84. The Balaban J connectivity index is 2.30. The molecule has 1 nitrogen and oxygen atoms in total. The fourth-order valence-corrected chi connectivity index (χ4v) is 2.01. The average molecular weight is 265 g/mol. The summed E-state index contributed by atoms with van der Waals surface area (Å²) in [5, 5.41) is 0. The van der Waals surface area contributed by atoms with Crippen molar-refractivity contribution < 1.29 is 13.2 Å². The molecule has 0 saturated heterocycles. The second-order valence-electron chi connectivity index (χ2n) is 4.84. The van der Waals surface area contributed by atoms with E-state index in [0.717, 1.165) is 6.07 Å². The quantitative estimate of drug-likeness (QED) is 0.902. The van der Waals surface area contributed by atoms with Gasteiger partial charge in [0.25, 0.3) is 0 Å². The van der Waals surface area contributed by atoms with E-state index < -0.39 is 23.0 Å². The molecule has 1 unspecified atom stereocenters. The molecule has 0 amide bonds. The Hall–Kier alpha value is -1.81. The monoisotopic (exact) mass is 265 g/mol. The summed E-state index contributed by atoms with van der Waals surface area (Å²) in [7, 11) is 0. The Morgan fingerprint density at radius 2 is 1.68 bits per heavy atom. The summed E-state index contributed by atoms with van der Waals surface area (Å²) < 4.78 is 39.6. The molecule has 0 bridgehead atoms. The molecule has 4 heteroatoms. The lowest BCUT2D eigenvalue weighted by Gasteiger charge is -2.25. The SMILES string of the molecule is CC(N)(Cc1ccc(F)cc1F)c1cccc(F)c1. The van der Waals surface area contributed by atoms with Crippen molar-refractivity contribution >= 4 is 0 Å². The van der Waals surface area contributed by atoms with E-state index >= 15 is 0 Å². The molecule has 0 aliphatic carbocycles. The third-order valence-electron chi connectivity index (χ3n) is 3.06.